The summed E-state index contributed by atoms with van der Waals surface area (Å²) in [6, 6.07) is 7.06. The Morgan fingerprint density at radius 3 is 2.62 bits per heavy atom. The van der Waals surface area contributed by atoms with E-state index >= 15 is 0 Å². The standard InChI is InChI=1S/C19H27N3O4/c1-22(11-10-17(23)24)19(26)20-13-14-6-5-9-16(12-14)21-18(25)15-7-3-2-4-8-15/h5-6,9,12,15H,2-4,7-8,10-11,13H2,1H3,(H,20,26)(H,21,25)(H,23,24). The Morgan fingerprint density at radius 2 is 1.92 bits per heavy atom. The third-order valence-electron chi connectivity index (χ3n) is 4.62. The number of benzene rings is 1. The molecule has 7 heteroatoms. The average Bonchev–Trinajstić information content (AvgIpc) is 2.65. The van der Waals surface area contributed by atoms with Crippen LogP contribution in [0.2, 0.25) is 0 Å². The average molecular weight is 361 g/mol. The maximum Gasteiger partial charge on any atom is 0.317 e. The van der Waals surface area contributed by atoms with Gasteiger partial charge in [0.25, 0.3) is 0 Å². The van der Waals surface area contributed by atoms with Crippen LogP contribution >= 0.6 is 0 Å². The lowest BCUT2D eigenvalue weighted by atomic mass is 9.88. The number of carboxylic acids is 1. The monoisotopic (exact) mass is 361 g/mol. The predicted molar refractivity (Wildman–Crippen MR) is 98.8 cm³/mol. The molecule has 1 aromatic rings. The minimum atomic E-state index is -0.939. The Hall–Kier alpha value is -2.57. The first-order chi connectivity index (χ1) is 12.5. The summed E-state index contributed by atoms with van der Waals surface area (Å²) in [7, 11) is 1.55. The summed E-state index contributed by atoms with van der Waals surface area (Å²) in [4.78, 5) is 36.2. The van der Waals surface area contributed by atoms with E-state index in [1.807, 2.05) is 24.3 Å². The van der Waals surface area contributed by atoms with E-state index in [-0.39, 0.29) is 30.8 Å². The van der Waals surface area contributed by atoms with Gasteiger partial charge in [0.05, 0.1) is 6.42 Å². The van der Waals surface area contributed by atoms with Gasteiger partial charge in [-0.05, 0) is 30.5 Å². The molecule has 0 radical (unpaired) electrons. The first-order valence-electron chi connectivity index (χ1n) is 9.06. The fourth-order valence-corrected chi connectivity index (χ4v) is 3.05. The van der Waals surface area contributed by atoms with Gasteiger partial charge in [-0.3, -0.25) is 9.59 Å². The molecule has 3 amide bonds. The fourth-order valence-electron chi connectivity index (χ4n) is 3.05. The molecule has 1 aliphatic carbocycles. The summed E-state index contributed by atoms with van der Waals surface area (Å²) in [5.41, 5.74) is 1.60. The number of amides is 3. The number of urea groups is 1. The zero-order valence-corrected chi connectivity index (χ0v) is 15.2. The summed E-state index contributed by atoms with van der Waals surface area (Å²) >= 11 is 0. The summed E-state index contributed by atoms with van der Waals surface area (Å²) < 4.78 is 0. The molecule has 0 unspecified atom stereocenters. The van der Waals surface area contributed by atoms with Crippen molar-refractivity contribution in [2.24, 2.45) is 5.92 Å². The lowest BCUT2D eigenvalue weighted by Gasteiger charge is -2.21. The van der Waals surface area contributed by atoms with Crippen molar-refractivity contribution < 1.29 is 19.5 Å². The number of carbonyl (C=O) groups is 3. The molecule has 0 bridgehead atoms. The lowest BCUT2D eigenvalue weighted by Crippen LogP contribution is -2.38. The molecule has 0 atom stereocenters. The lowest BCUT2D eigenvalue weighted by molar-refractivity contribution is -0.137. The molecular weight excluding hydrogens is 334 g/mol. The second kappa shape index (κ2) is 9.79. The minimum absolute atomic E-state index is 0.0688. The fraction of sp³-hybridized carbons (Fsp3) is 0.526. The zero-order chi connectivity index (χ0) is 18.9. The Bertz CT molecular complexity index is 641. The highest BCUT2D eigenvalue weighted by Gasteiger charge is 2.21. The van der Waals surface area contributed by atoms with Gasteiger partial charge in [0.15, 0.2) is 0 Å². The normalized spacial score (nSPS) is 14.5. The molecule has 0 aliphatic heterocycles. The molecule has 1 aromatic carbocycles. The molecule has 26 heavy (non-hydrogen) atoms. The van der Waals surface area contributed by atoms with Crippen molar-refractivity contribution in [3.8, 4) is 0 Å². The molecule has 7 nitrogen and oxygen atoms in total. The van der Waals surface area contributed by atoms with E-state index in [1.54, 1.807) is 7.05 Å². The van der Waals surface area contributed by atoms with Crippen molar-refractivity contribution in [3.63, 3.8) is 0 Å². The number of carboxylic acid groups (broad SMARTS) is 1. The minimum Gasteiger partial charge on any atom is -0.481 e. The van der Waals surface area contributed by atoms with Gasteiger partial charge in [0.2, 0.25) is 5.91 Å². The maximum atomic E-state index is 12.3. The van der Waals surface area contributed by atoms with Crippen LogP contribution in [0.3, 0.4) is 0 Å². The summed E-state index contributed by atoms with van der Waals surface area (Å²) in [6.45, 7) is 0.460. The van der Waals surface area contributed by atoms with E-state index < -0.39 is 5.97 Å². The van der Waals surface area contributed by atoms with Gasteiger partial charge in [-0.2, -0.15) is 0 Å². The van der Waals surface area contributed by atoms with E-state index in [0.29, 0.717) is 6.54 Å². The topological polar surface area (TPSA) is 98.7 Å². The van der Waals surface area contributed by atoms with Gasteiger partial charge in [-0.25, -0.2) is 4.79 Å². The summed E-state index contributed by atoms with van der Waals surface area (Å²) in [6.07, 6.45) is 5.24. The van der Waals surface area contributed by atoms with Crippen LogP contribution in [0.15, 0.2) is 24.3 Å². The van der Waals surface area contributed by atoms with Gasteiger partial charge in [-0.15, -0.1) is 0 Å². The molecule has 1 aliphatic rings. The molecule has 3 N–H and O–H groups in total. The zero-order valence-electron chi connectivity index (χ0n) is 15.2. The Morgan fingerprint density at radius 1 is 1.19 bits per heavy atom. The van der Waals surface area contributed by atoms with Crippen LogP contribution in [0.1, 0.15) is 44.1 Å². The van der Waals surface area contributed by atoms with Crippen LogP contribution in [0.25, 0.3) is 0 Å². The summed E-state index contributed by atoms with van der Waals surface area (Å²) in [5.74, 6) is -0.777. The van der Waals surface area contributed by atoms with Gasteiger partial charge in [0, 0.05) is 31.7 Å². The Labute approximate surface area is 153 Å². The number of hydrogen-bond donors (Lipinski definition) is 3. The van der Waals surface area contributed by atoms with Crippen molar-refractivity contribution in [1.29, 1.82) is 0 Å². The number of hydrogen-bond acceptors (Lipinski definition) is 3. The van der Waals surface area contributed by atoms with E-state index in [2.05, 4.69) is 10.6 Å². The Balaban J connectivity index is 1.83. The number of aliphatic carboxylic acids is 1. The van der Waals surface area contributed by atoms with Crippen LogP contribution in [-0.2, 0) is 16.1 Å². The van der Waals surface area contributed by atoms with Gasteiger partial charge in [0.1, 0.15) is 0 Å². The SMILES string of the molecule is CN(CCC(=O)O)C(=O)NCc1cccc(NC(=O)C2CCCCC2)c1. The maximum absolute atomic E-state index is 12.3. The van der Waals surface area contributed by atoms with Gasteiger partial charge in [-0.1, -0.05) is 31.4 Å². The highest BCUT2D eigenvalue weighted by molar-refractivity contribution is 5.92. The first-order valence-corrected chi connectivity index (χ1v) is 9.06. The van der Waals surface area contributed by atoms with Crippen LogP contribution in [-0.4, -0.2) is 41.5 Å². The number of rotatable bonds is 7. The van der Waals surface area contributed by atoms with E-state index in [0.717, 1.165) is 36.9 Å². The smallest absolute Gasteiger partial charge is 0.317 e. The molecular formula is C19H27N3O4. The molecule has 1 fully saturated rings. The summed E-state index contributed by atoms with van der Waals surface area (Å²) in [5, 5.41) is 14.4. The van der Waals surface area contributed by atoms with Gasteiger partial charge >= 0.3 is 12.0 Å². The van der Waals surface area contributed by atoms with Crippen molar-refractivity contribution in [2.75, 3.05) is 18.9 Å². The quantitative estimate of drug-likeness (QED) is 0.695. The highest BCUT2D eigenvalue weighted by atomic mass is 16.4. The van der Waals surface area contributed by atoms with Crippen LogP contribution in [0.4, 0.5) is 10.5 Å². The Kier molecular flexibility index (Phi) is 7.44. The van der Waals surface area contributed by atoms with Crippen LogP contribution in [0.5, 0.6) is 0 Å². The molecule has 0 heterocycles. The van der Waals surface area contributed by atoms with Gasteiger partial charge < -0.3 is 20.6 Å². The van der Waals surface area contributed by atoms with Crippen molar-refractivity contribution in [1.82, 2.24) is 10.2 Å². The molecule has 142 valence electrons. The second-order valence-corrected chi connectivity index (χ2v) is 6.75. The number of nitrogens with zero attached hydrogens (tertiary/aromatic N) is 1. The first kappa shape index (κ1) is 19.8. The number of anilines is 1. The third kappa shape index (κ3) is 6.38. The van der Waals surface area contributed by atoms with E-state index in [1.165, 1.54) is 11.3 Å². The van der Waals surface area contributed by atoms with Crippen molar-refractivity contribution in [2.45, 2.75) is 45.1 Å². The van der Waals surface area contributed by atoms with Crippen LogP contribution < -0.4 is 10.6 Å². The molecule has 1 saturated carbocycles. The number of carbonyl (C=O) groups excluding carboxylic acids is 2. The van der Waals surface area contributed by atoms with Crippen molar-refractivity contribution >= 4 is 23.6 Å². The third-order valence-corrected chi connectivity index (χ3v) is 4.62. The molecule has 0 spiro atoms. The van der Waals surface area contributed by atoms with Crippen LogP contribution in [0, 0.1) is 5.92 Å². The second-order valence-electron chi connectivity index (χ2n) is 6.75. The number of nitrogens with one attached hydrogen (secondary N) is 2. The predicted octanol–water partition coefficient (Wildman–Crippen LogP) is 2.82. The molecule has 2 rings (SSSR count). The molecule has 0 saturated heterocycles. The molecule has 0 aromatic heterocycles. The van der Waals surface area contributed by atoms with Crippen molar-refractivity contribution in [3.05, 3.63) is 29.8 Å². The highest BCUT2D eigenvalue weighted by Crippen LogP contribution is 2.25. The van der Waals surface area contributed by atoms with E-state index in [4.69, 9.17) is 5.11 Å². The van der Waals surface area contributed by atoms with E-state index in [9.17, 15) is 14.4 Å². The largest absolute Gasteiger partial charge is 0.481 e.